The second-order valence-corrected chi connectivity index (χ2v) is 11.4. The summed E-state index contributed by atoms with van der Waals surface area (Å²) in [5.74, 6) is 0. The summed E-state index contributed by atoms with van der Waals surface area (Å²) in [4.78, 5) is 4.90. The largest absolute Gasteiger partial charge is 0.256 e. The molecule has 0 unspecified atom stereocenters. The van der Waals surface area contributed by atoms with Crippen molar-refractivity contribution in [3.63, 3.8) is 0 Å². The fraction of sp³-hybridized carbons (Fsp3) is 0.103. The Bertz CT molecular complexity index is 2010. The van der Waals surface area contributed by atoms with Crippen LogP contribution < -0.4 is 16.4 Å². The van der Waals surface area contributed by atoms with Crippen LogP contribution in [0.2, 0.25) is 0 Å². The van der Waals surface area contributed by atoms with Gasteiger partial charge >= 0.3 is 0 Å². The van der Waals surface area contributed by atoms with E-state index in [2.05, 4.69) is 143 Å². The number of aromatic nitrogens is 1. The normalized spacial score (nSPS) is 11.4. The lowest BCUT2D eigenvalue weighted by atomic mass is 9.34. The molecular formula is C39H32BN. The summed E-state index contributed by atoms with van der Waals surface area (Å²) in [5, 5.41) is 6.18. The lowest BCUT2D eigenvalue weighted by Gasteiger charge is -2.24. The van der Waals surface area contributed by atoms with Gasteiger partial charge in [-0.3, -0.25) is 4.98 Å². The fourth-order valence-corrected chi connectivity index (χ4v) is 6.81. The van der Waals surface area contributed by atoms with Crippen LogP contribution in [0.4, 0.5) is 0 Å². The predicted octanol–water partition coefficient (Wildman–Crippen LogP) is 7.96. The number of aryl methyl sites for hydroxylation is 4. The Morgan fingerprint density at radius 2 is 1.10 bits per heavy atom. The van der Waals surface area contributed by atoms with E-state index in [0.29, 0.717) is 0 Å². The molecule has 0 amide bonds. The second-order valence-electron chi connectivity index (χ2n) is 11.4. The van der Waals surface area contributed by atoms with Gasteiger partial charge in [0.2, 0.25) is 6.71 Å². The maximum absolute atomic E-state index is 4.90. The lowest BCUT2D eigenvalue weighted by molar-refractivity contribution is 1.41. The Morgan fingerprint density at radius 1 is 0.488 bits per heavy atom. The van der Waals surface area contributed by atoms with Crippen molar-refractivity contribution in [1.29, 1.82) is 0 Å². The molecule has 0 atom stereocenters. The van der Waals surface area contributed by atoms with Gasteiger partial charge in [0.25, 0.3) is 0 Å². The predicted molar refractivity (Wildman–Crippen MR) is 179 cm³/mol. The lowest BCUT2D eigenvalue weighted by Crippen LogP contribution is -2.55. The molecule has 0 fully saturated rings. The quantitative estimate of drug-likeness (QED) is 0.168. The summed E-state index contributed by atoms with van der Waals surface area (Å²) >= 11 is 0. The maximum atomic E-state index is 4.90. The zero-order chi connectivity index (χ0) is 28.1. The van der Waals surface area contributed by atoms with Gasteiger partial charge in [-0.25, -0.2) is 0 Å². The van der Waals surface area contributed by atoms with Crippen LogP contribution in [-0.4, -0.2) is 11.7 Å². The number of pyridine rings is 1. The Hall–Kier alpha value is -4.69. The van der Waals surface area contributed by atoms with Crippen LogP contribution in [-0.2, 0) is 0 Å². The van der Waals surface area contributed by atoms with Crippen LogP contribution >= 0.6 is 0 Å². The van der Waals surface area contributed by atoms with Crippen LogP contribution in [0.25, 0.3) is 43.6 Å². The zero-order valence-corrected chi connectivity index (χ0v) is 24.1. The third-order valence-corrected chi connectivity index (χ3v) is 8.79. The highest BCUT2D eigenvalue weighted by Crippen LogP contribution is 2.33. The molecule has 0 radical (unpaired) electrons. The van der Waals surface area contributed by atoms with Gasteiger partial charge in [-0.05, 0) is 55.7 Å². The van der Waals surface area contributed by atoms with E-state index in [4.69, 9.17) is 4.98 Å². The van der Waals surface area contributed by atoms with Crippen LogP contribution in [0.1, 0.15) is 22.3 Å². The number of hydrogen-bond acceptors (Lipinski definition) is 1. The minimum absolute atomic E-state index is 0.159. The van der Waals surface area contributed by atoms with Crippen molar-refractivity contribution in [3.8, 4) is 11.1 Å². The molecular weight excluding hydrogens is 493 g/mol. The molecule has 196 valence electrons. The first kappa shape index (κ1) is 25.3. The monoisotopic (exact) mass is 525 g/mol. The SMILES string of the molecule is Cc1cccc(C)c1B(c1cccc(-c2ccc3c(c2)ncc2ccc4ccccc4c23)c1)c1c(C)cccc1C. The summed E-state index contributed by atoms with van der Waals surface area (Å²) in [6.45, 7) is 9.14. The van der Waals surface area contributed by atoms with Crippen molar-refractivity contribution in [2.45, 2.75) is 27.7 Å². The Kier molecular flexibility index (Phi) is 6.20. The van der Waals surface area contributed by atoms with Gasteiger partial charge in [-0.2, -0.15) is 0 Å². The van der Waals surface area contributed by atoms with Gasteiger partial charge in [0.15, 0.2) is 0 Å². The molecule has 41 heavy (non-hydrogen) atoms. The molecule has 0 spiro atoms. The molecule has 1 heterocycles. The molecule has 0 saturated carbocycles. The molecule has 7 aromatic rings. The molecule has 6 aromatic carbocycles. The Labute approximate surface area is 242 Å². The van der Waals surface area contributed by atoms with E-state index in [0.717, 1.165) is 5.52 Å². The van der Waals surface area contributed by atoms with Crippen LogP contribution in [0.5, 0.6) is 0 Å². The molecule has 0 aliphatic rings. The van der Waals surface area contributed by atoms with E-state index in [-0.39, 0.29) is 6.71 Å². The van der Waals surface area contributed by atoms with Gasteiger partial charge in [-0.15, -0.1) is 0 Å². The molecule has 2 heteroatoms. The minimum atomic E-state index is 0.159. The summed E-state index contributed by atoms with van der Waals surface area (Å²) in [6, 6.07) is 42.2. The average molecular weight is 526 g/mol. The van der Waals surface area contributed by atoms with Gasteiger partial charge in [0.05, 0.1) is 5.52 Å². The minimum Gasteiger partial charge on any atom is -0.256 e. The topological polar surface area (TPSA) is 12.9 Å². The molecule has 0 bridgehead atoms. The third kappa shape index (κ3) is 4.31. The van der Waals surface area contributed by atoms with Gasteiger partial charge in [0, 0.05) is 22.4 Å². The Balaban J connectivity index is 1.41. The van der Waals surface area contributed by atoms with E-state index in [1.54, 1.807) is 0 Å². The first-order chi connectivity index (χ1) is 20.0. The number of rotatable bonds is 4. The van der Waals surface area contributed by atoms with Crippen LogP contribution in [0.3, 0.4) is 0 Å². The second kappa shape index (κ2) is 10.1. The number of fused-ring (bicyclic) bond motifs is 5. The summed E-state index contributed by atoms with van der Waals surface area (Å²) in [7, 11) is 0. The first-order valence-electron chi connectivity index (χ1n) is 14.4. The maximum Gasteiger partial charge on any atom is 0.242 e. The molecule has 0 saturated heterocycles. The summed E-state index contributed by atoms with van der Waals surface area (Å²) in [5.41, 5.74) is 12.9. The molecule has 0 aliphatic heterocycles. The van der Waals surface area contributed by atoms with E-state index >= 15 is 0 Å². The fourth-order valence-electron chi connectivity index (χ4n) is 6.81. The summed E-state index contributed by atoms with van der Waals surface area (Å²) < 4.78 is 0. The van der Waals surface area contributed by atoms with Crippen molar-refractivity contribution < 1.29 is 0 Å². The van der Waals surface area contributed by atoms with Crippen molar-refractivity contribution >= 4 is 55.5 Å². The number of hydrogen-bond donors (Lipinski definition) is 0. The van der Waals surface area contributed by atoms with Gasteiger partial charge in [-0.1, -0.05) is 148 Å². The zero-order valence-electron chi connectivity index (χ0n) is 24.1. The van der Waals surface area contributed by atoms with E-state index in [1.165, 1.54) is 76.7 Å². The van der Waals surface area contributed by atoms with Gasteiger partial charge in [0.1, 0.15) is 0 Å². The molecule has 1 aromatic heterocycles. The average Bonchev–Trinajstić information content (AvgIpc) is 2.99. The Morgan fingerprint density at radius 3 is 1.80 bits per heavy atom. The smallest absolute Gasteiger partial charge is 0.242 e. The molecule has 1 nitrogen and oxygen atoms in total. The van der Waals surface area contributed by atoms with E-state index in [9.17, 15) is 0 Å². The number of nitrogens with zero attached hydrogens (tertiary/aromatic N) is 1. The standard InChI is InChI=1S/C39H32BN/c1-25-10-7-11-26(2)38(25)40(39-27(3)12-8-13-28(39)4)33-16-9-15-30(22-33)31-20-21-35-36(23-31)41-24-32-19-18-29-14-5-6-17-34(29)37(32)35/h5-24H,1-4H3. The van der Waals surface area contributed by atoms with Crippen molar-refractivity contribution in [3.05, 3.63) is 144 Å². The molecule has 0 N–H and O–H groups in total. The molecule has 0 aliphatic carbocycles. The van der Waals surface area contributed by atoms with Crippen molar-refractivity contribution in [2.24, 2.45) is 0 Å². The molecule has 7 rings (SSSR count). The van der Waals surface area contributed by atoms with E-state index < -0.39 is 0 Å². The third-order valence-electron chi connectivity index (χ3n) is 8.79. The van der Waals surface area contributed by atoms with Crippen molar-refractivity contribution in [2.75, 3.05) is 0 Å². The highest BCUT2D eigenvalue weighted by atomic mass is 14.6. The van der Waals surface area contributed by atoms with Gasteiger partial charge < -0.3 is 0 Å². The van der Waals surface area contributed by atoms with Crippen LogP contribution in [0, 0.1) is 27.7 Å². The van der Waals surface area contributed by atoms with Crippen LogP contribution in [0.15, 0.2) is 121 Å². The summed E-state index contributed by atoms with van der Waals surface area (Å²) in [6.07, 6.45) is 2.02. The van der Waals surface area contributed by atoms with E-state index in [1.807, 2.05) is 6.20 Å². The first-order valence-corrected chi connectivity index (χ1v) is 14.4. The highest BCUT2D eigenvalue weighted by molar-refractivity contribution is 6.96. The van der Waals surface area contributed by atoms with Crippen molar-refractivity contribution in [1.82, 2.24) is 4.98 Å². The highest BCUT2D eigenvalue weighted by Gasteiger charge is 2.28. The number of benzene rings is 6.